The van der Waals surface area contributed by atoms with Crippen molar-refractivity contribution < 1.29 is 4.79 Å². The predicted molar refractivity (Wildman–Crippen MR) is 71.3 cm³/mol. The summed E-state index contributed by atoms with van der Waals surface area (Å²) in [7, 11) is 1.97. The minimum Gasteiger partial charge on any atom is -0.352 e. The number of imidazole rings is 1. The van der Waals surface area contributed by atoms with Gasteiger partial charge in [-0.3, -0.25) is 0 Å². The van der Waals surface area contributed by atoms with Crippen molar-refractivity contribution in [3.8, 4) is 0 Å². The average molecular weight is 246 g/mol. The van der Waals surface area contributed by atoms with E-state index in [1.54, 1.807) is 6.33 Å². The normalized spacial score (nSPS) is 11.7. The Kier molecular flexibility index (Phi) is 2.98. The molecule has 0 bridgehead atoms. The van der Waals surface area contributed by atoms with Crippen LogP contribution < -0.4 is 11.1 Å². The number of carbonyl (C=O) groups is 1. The number of urea groups is 1. The molecule has 1 heterocycles. The van der Waals surface area contributed by atoms with Crippen LogP contribution in [-0.4, -0.2) is 22.1 Å². The third-order valence-corrected chi connectivity index (χ3v) is 3.21. The Labute approximate surface area is 106 Å². The second-order valence-electron chi connectivity index (χ2n) is 5.16. The van der Waals surface area contributed by atoms with Crippen molar-refractivity contribution in [1.29, 1.82) is 0 Å². The number of hydrogen-bond acceptors (Lipinski definition) is 2. The SMILES string of the molecule is Cn1cnc2cc(C(C)(C)CNC(N)=O)ccc21. The van der Waals surface area contributed by atoms with Crippen LogP contribution in [0.25, 0.3) is 11.0 Å². The zero-order valence-electron chi connectivity index (χ0n) is 10.9. The summed E-state index contributed by atoms with van der Waals surface area (Å²) in [6.07, 6.45) is 1.79. The highest BCUT2D eigenvalue weighted by atomic mass is 16.2. The lowest BCUT2D eigenvalue weighted by Crippen LogP contribution is -2.39. The van der Waals surface area contributed by atoms with E-state index < -0.39 is 6.03 Å². The molecule has 1 aromatic carbocycles. The molecule has 0 saturated heterocycles. The third kappa shape index (κ3) is 2.30. The average Bonchev–Trinajstić information content (AvgIpc) is 2.68. The molecule has 2 rings (SSSR count). The molecule has 0 aliphatic rings. The molecule has 0 aliphatic heterocycles. The fourth-order valence-corrected chi connectivity index (χ4v) is 1.97. The van der Waals surface area contributed by atoms with Gasteiger partial charge in [0.05, 0.1) is 17.4 Å². The fraction of sp³-hybridized carbons (Fsp3) is 0.385. The first-order valence-corrected chi connectivity index (χ1v) is 5.85. The standard InChI is InChI=1S/C13H18N4O/c1-13(2,7-15-12(14)18)9-4-5-11-10(6-9)16-8-17(11)3/h4-6,8H,7H2,1-3H3,(H3,14,15,18). The van der Waals surface area contributed by atoms with Crippen LogP contribution >= 0.6 is 0 Å². The largest absolute Gasteiger partial charge is 0.352 e. The van der Waals surface area contributed by atoms with E-state index in [-0.39, 0.29) is 5.41 Å². The molecule has 0 unspecified atom stereocenters. The summed E-state index contributed by atoms with van der Waals surface area (Å²) in [5.74, 6) is 0. The molecule has 0 spiro atoms. The second kappa shape index (κ2) is 4.33. The van der Waals surface area contributed by atoms with Crippen molar-refractivity contribution in [3.63, 3.8) is 0 Å². The number of fused-ring (bicyclic) bond motifs is 1. The van der Waals surface area contributed by atoms with Crippen LogP contribution in [0.1, 0.15) is 19.4 Å². The molecule has 0 atom stereocenters. The summed E-state index contributed by atoms with van der Waals surface area (Å²) in [6, 6.07) is 5.66. The maximum Gasteiger partial charge on any atom is 0.312 e. The van der Waals surface area contributed by atoms with Crippen LogP contribution in [0.2, 0.25) is 0 Å². The summed E-state index contributed by atoms with van der Waals surface area (Å²) in [6.45, 7) is 4.63. The van der Waals surface area contributed by atoms with Crippen LogP contribution in [0.4, 0.5) is 4.79 Å². The highest BCUT2D eigenvalue weighted by Crippen LogP contribution is 2.25. The number of nitrogens with one attached hydrogen (secondary N) is 1. The summed E-state index contributed by atoms with van der Waals surface area (Å²) in [5.41, 5.74) is 8.11. The molecule has 2 amide bonds. The van der Waals surface area contributed by atoms with Crippen molar-refractivity contribution >= 4 is 17.1 Å². The van der Waals surface area contributed by atoms with Crippen molar-refractivity contribution in [2.24, 2.45) is 12.8 Å². The van der Waals surface area contributed by atoms with Crippen LogP contribution in [0, 0.1) is 0 Å². The zero-order chi connectivity index (χ0) is 13.3. The van der Waals surface area contributed by atoms with E-state index in [0.717, 1.165) is 16.6 Å². The molecule has 0 fully saturated rings. The minimum atomic E-state index is -0.498. The van der Waals surface area contributed by atoms with Crippen LogP contribution in [0.15, 0.2) is 24.5 Å². The number of hydrogen-bond donors (Lipinski definition) is 2. The topological polar surface area (TPSA) is 72.9 Å². The molecule has 96 valence electrons. The van der Waals surface area contributed by atoms with Gasteiger partial charge in [0.1, 0.15) is 0 Å². The monoisotopic (exact) mass is 246 g/mol. The quantitative estimate of drug-likeness (QED) is 0.861. The fourth-order valence-electron chi connectivity index (χ4n) is 1.97. The number of benzene rings is 1. The van der Waals surface area contributed by atoms with Gasteiger partial charge in [0.15, 0.2) is 0 Å². The smallest absolute Gasteiger partial charge is 0.312 e. The van der Waals surface area contributed by atoms with E-state index in [9.17, 15) is 4.79 Å². The molecule has 2 aromatic rings. The van der Waals surface area contributed by atoms with E-state index in [0.29, 0.717) is 6.54 Å². The summed E-state index contributed by atoms with van der Waals surface area (Å²) in [5, 5.41) is 2.65. The molecule has 5 nitrogen and oxygen atoms in total. The Hall–Kier alpha value is -2.04. The predicted octanol–water partition coefficient (Wildman–Crippen LogP) is 1.52. The molecule has 3 N–H and O–H groups in total. The van der Waals surface area contributed by atoms with Gasteiger partial charge in [0.2, 0.25) is 0 Å². The first-order chi connectivity index (χ1) is 8.40. The number of aryl methyl sites for hydroxylation is 1. The zero-order valence-corrected chi connectivity index (χ0v) is 10.9. The Morgan fingerprint density at radius 3 is 2.89 bits per heavy atom. The van der Waals surface area contributed by atoms with Gasteiger partial charge in [-0.2, -0.15) is 0 Å². The van der Waals surface area contributed by atoms with Gasteiger partial charge in [0, 0.05) is 19.0 Å². The van der Waals surface area contributed by atoms with E-state index in [1.165, 1.54) is 0 Å². The number of primary amides is 1. The molecular formula is C13H18N4O. The van der Waals surface area contributed by atoms with Gasteiger partial charge in [-0.15, -0.1) is 0 Å². The van der Waals surface area contributed by atoms with E-state index in [1.807, 2.05) is 17.7 Å². The number of nitrogens with zero attached hydrogens (tertiary/aromatic N) is 2. The molecule has 5 heteroatoms. The number of rotatable bonds is 3. The van der Waals surface area contributed by atoms with E-state index in [2.05, 4.69) is 36.3 Å². The molecule has 18 heavy (non-hydrogen) atoms. The maximum atomic E-state index is 10.8. The molecule has 1 aromatic heterocycles. The highest BCUT2D eigenvalue weighted by Gasteiger charge is 2.21. The lowest BCUT2D eigenvalue weighted by Gasteiger charge is -2.25. The van der Waals surface area contributed by atoms with Gasteiger partial charge < -0.3 is 15.6 Å². The number of amides is 2. The Bertz CT molecular complexity index is 586. The highest BCUT2D eigenvalue weighted by molar-refractivity contribution is 5.76. The summed E-state index contributed by atoms with van der Waals surface area (Å²) >= 11 is 0. The maximum absolute atomic E-state index is 10.8. The van der Waals surface area contributed by atoms with Crippen LogP contribution in [0.3, 0.4) is 0 Å². The lowest BCUT2D eigenvalue weighted by molar-refractivity contribution is 0.246. The third-order valence-electron chi connectivity index (χ3n) is 3.21. The molecular weight excluding hydrogens is 228 g/mol. The summed E-state index contributed by atoms with van der Waals surface area (Å²) < 4.78 is 1.98. The van der Waals surface area contributed by atoms with Crippen LogP contribution in [-0.2, 0) is 12.5 Å². The van der Waals surface area contributed by atoms with Gasteiger partial charge in [-0.05, 0) is 17.7 Å². The number of nitrogens with two attached hydrogens (primary N) is 1. The molecule has 0 aliphatic carbocycles. The minimum absolute atomic E-state index is 0.180. The van der Waals surface area contributed by atoms with E-state index >= 15 is 0 Å². The Morgan fingerprint density at radius 1 is 1.50 bits per heavy atom. The van der Waals surface area contributed by atoms with Crippen molar-refractivity contribution in [3.05, 3.63) is 30.1 Å². The van der Waals surface area contributed by atoms with Crippen molar-refractivity contribution in [2.45, 2.75) is 19.3 Å². The first-order valence-electron chi connectivity index (χ1n) is 5.85. The number of aromatic nitrogens is 2. The summed E-state index contributed by atoms with van der Waals surface area (Å²) in [4.78, 5) is 15.1. The number of carbonyl (C=O) groups excluding carboxylic acids is 1. The lowest BCUT2D eigenvalue weighted by atomic mass is 9.84. The van der Waals surface area contributed by atoms with Gasteiger partial charge in [0.25, 0.3) is 0 Å². The van der Waals surface area contributed by atoms with Crippen molar-refractivity contribution in [2.75, 3.05) is 6.54 Å². The van der Waals surface area contributed by atoms with Gasteiger partial charge >= 0.3 is 6.03 Å². The Morgan fingerprint density at radius 2 is 2.22 bits per heavy atom. The van der Waals surface area contributed by atoms with Crippen LogP contribution in [0.5, 0.6) is 0 Å². The Balaban J connectivity index is 2.32. The van der Waals surface area contributed by atoms with Gasteiger partial charge in [-0.25, -0.2) is 9.78 Å². The van der Waals surface area contributed by atoms with E-state index in [4.69, 9.17) is 5.73 Å². The molecule has 0 radical (unpaired) electrons. The second-order valence-corrected chi connectivity index (χ2v) is 5.16. The molecule has 0 saturated carbocycles. The van der Waals surface area contributed by atoms with Crippen molar-refractivity contribution in [1.82, 2.24) is 14.9 Å². The first kappa shape index (κ1) is 12.4. The van der Waals surface area contributed by atoms with Gasteiger partial charge in [-0.1, -0.05) is 19.9 Å².